The number of rotatable bonds is 5. The Labute approximate surface area is 202 Å². The highest BCUT2D eigenvalue weighted by atomic mass is 19.1. The Morgan fingerprint density at radius 3 is 2.86 bits per heavy atom. The van der Waals surface area contributed by atoms with Crippen LogP contribution in [0.5, 0.6) is 5.75 Å². The van der Waals surface area contributed by atoms with Gasteiger partial charge in [-0.3, -0.25) is 0 Å². The smallest absolute Gasteiger partial charge is 0.356 e. The molecule has 0 radical (unpaired) electrons. The van der Waals surface area contributed by atoms with Crippen molar-refractivity contribution in [1.29, 1.82) is 0 Å². The normalized spacial score (nSPS) is 20.6. The monoisotopic (exact) mass is 474 g/mol. The first-order valence-electron chi connectivity index (χ1n) is 11.6. The van der Waals surface area contributed by atoms with E-state index < -0.39 is 5.97 Å². The second-order valence-corrected chi connectivity index (χ2v) is 9.05. The predicted molar refractivity (Wildman–Crippen MR) is 131 cm³/mol. The minimum Gasteiger partial charge on any atom is -0.495 e. The summed E-state index contributed by atoms with van der Waals surface area (Å²) in [6, 6.07) is 5.93. The third-order valence-electron chi connectivity index (χ3n) is 6.63. The number of benzene rings is 1. The zero-order valence-electron chi connectivity index (χ0n) is 19.9. The Bertz CT molecular complexity index is 1400. The van der Waals surface area contributed by atoms with Gasteiger partial charge in [-0.25, -0.2) is 19.2 Å². The number of imidazole rings is 2. The maximum Gasteiger partial charge on any atom is 0.356 e. The minimum absolute atomic E-state index is 0.0356. The van der Waals surface area contributed by atoms with Crippen LogP contribution in [-0.4, -0.2) is 37.3 Å². The molecular formula is C27H27FN4O3. The lowest BCUT2D eigenvalue weighted by molar-refractivity contribution is 0.0689. The Hall–Kier alpha value is -3.94. The van der Waals surface area contributed by atoms with Crippen LogP contribution < -0.4 is 4.74 Å². The highest BCUT2D eigenvalue weighted by molar-refractivity contribution is 5.89. The molecule has 0 saturated heterocycles. The molecule has 35 heavy (non-hydrogen) atoms. The average molecular weight is 475 g/mol. The minimum atomic E-state index is -1.07. The number of carboxylic acid groups (broad SMARTS) is 1. The molecule has 2 atom stereocenters. The average Bonchev–Trinajstić information content (AvgIpc) is 3.43. The van der Waals surface area contributed by atoms with E-state index in [1.54, 1.807) is 19.5 Å². The quantitative estimate of drug-likeness (QED) is 0.523. The number of hydrogen-bond donors (Lipinski definition) is 1. The van der Waals surface area contributed by atoms with Gasteiger partial charge >= 0.3 is 5.97 Å². The standard InChI is InChI=1S/C27H27FN4O3/c1-16-11-20(28)7-8-21(16)25-24(27(33)34)30-26-19(5-4-10-32(25)26)12-18-6-9-22(23(13-18)35-3)31-14-17(2)29-15-31/h6-9,11-16,21H,4-5,10H2,1-3H3,(H,33,34)/b19-12+. The molecule has 0 amide bonds. The zero-order valence-corrected chi connectivity index (χ0v) is 19.9. The molecule has 1 aliphatic carbocycles. The van der Waals surface area contributed by atoms with Gasteiger partial charge in [-0.15, -0.1) is 0 Å². The topological polar surface area (TPSA) is 82.2 Å². The number of halogens is 1. The van der Waals surface area contributed by atoms with Crippen molar-refractivity contribution in [3.63, 3.8) is 0 Å². The van der Waals surface area contributed by atoms with Crippen molar-refractivity contribution in [2.75, 3.05) is 7.11 Å². The predicted octanol–water partition coefficient (Wildman–Crippen LogP) is 5.56. The number of methoxy groups -OCH3 is 1. The summed E-state index contributed by atoms with van der Waals surface area (Å²) in [6.45, 7) is 4.51. The summed E-state index contributed by atoms with van der Waals surface area (Å²) in [5.74, 6) is -0.423. The van der Waals surface area contributed by atoms with Gasteiger partial charge in [0.15, 0.2) is 5.69 Å². The number of hydrogen-bond acceptors (Lipinski definition) is 4. The van der Waals surface area contributed by atoms with Gasteiger partial charge in [-0.1, -0.05) is 19.1 Å². The molecule has 5 rings (SSSR count). The molecule has 1 aromatic carbocycles. The molecule has 0 saturated carbocycles. The van der Waals surface area contributed by atoms with Crippen LogP contribution in [0.1, 0.15) is 58.9 Å². The molecule has 1 N–H and O–H groups in total. The fourth-order valence-electron chi connectivity index (χ4n) is 4.98. The van der Waals surface area contributed by atoms with E-state index in [0.29, 0.717) is 23.8 Å². The number of ether oxygens (including phenoxy) is 1. The van der Waals surface area contributed by atoms with Crippen molar-refractivity contribution in [2.45, 2.75) is 39.2 Å². The van der Waals surface area contributed by atoms with Crippen molar-refractivity contribution >= 4 is 17.6 Å². The van der Waals surface area contributed by atoms with Crippen LogP contribution in [0.15, 0.2) is 54.8 Å². The molecule has 180 valence electrons. The summed E-state index contributed by atoms with van der Waals surface area (Å²) in [6.07, 6.45) is 12.1. The molecular weight excluding hydrogens is 447 g/mol. The van der Waals surface area contributed by atoms with Crippen LogP contribution in [0.2, 0.25) is 0 Å². The number of carboxylic acids is 1. The maximum absolute atomic E-state index is 13.8. The Balaban J connectivity index is 1.56. The van der Waals surface area contributed by atoms with Gasteiger partial charge < -0.3 is 19.0 Å². The molecule has 1 aliphatic heterocycles. The molecule has 2 aromatic heterocycles. The third-order valence-corrected chi connectivity index (χ3v) is 6.63. The summed E-state index contributed by atoms with van der Waals surface area (Å²) < 4.78 is 23.3. The van der Waals surface area contributed by atoms with Gasteiger partial charge in [0.25, 0.3) is 0 Å². The number of carbonyl (C=O) groups is 1. The fraction of sp³-hybridized carbons (Fsp3) is 0.296. The molecule has 3 aromatic rings. The molecule has 2 aliphatic rings. The lowest BCUT2D eigenvalue weighted by Crippen LogP contribution is -2.19. The second-order valence-electron chi connectivity index (χ2n) is 9.05. The van der Waals surface area contributed by atoms with Gasteiger partial charge in [-0.2, -0.15) is 0 Å². The molecule has 0 fully saturated rings. The number of aromatic carboxylic acids is 1. The van der Waals surface area contributed by atoms with Crippen LogP contribution >= 0.6 is 0 Å². The van der Waals surface area contributed by atoms with Crippen molar-refractivity contribution in [1.82, 2.24) is 19.1 Å². The van der Waals surface area contributed by atoms with Crippen molar-refractivity contribution in [3.8, 4) is 11.4 Å². The van der Waals surface area contributed by atoms with E-state index in [0.717, 1.165) is 35.4 Å². The lowest BCUT2D eigenvalue weighted by Gasteiger charge is -2.26. The van der Waals surface area contributed by atoms with E-state index in [-0.39, 0.29) is 23.4 Å². The number of fused-ring (bicyclic) bond motifs is 1. The molecule has 0 spiro atoms. The molecule has 0 bridgehead atoms. The van der Waals surface area contributed by atoms with E-state index in [9.17, 15) is 14.3 Å². The van der Waals surface area contributed by atoms with E-state index in [1.807, 2.05) is 53.5 Å². The highest BCUT2D eigenvalue weighted by Gasteiger charge is 2.33. The van der Waals surface area contributed by atoms with Crippen LogP contribution in [-0.2, 0) is 6.54 Å². The first kappa shape index (κ1) is 22.8. The maximum atomic E-state index is 13.8. The SMILES string of the molecule is COc1cc(/C=C2\CCCn3c2nc(C(=O)O)c3C2C=CC(F)=CC2C)ccc1-n1cnc(C)c1. The van der Waals surface area contributed by atoms with E-state index in [1.165, 1.54) is 12.2 Å². The van der Waals surface area contributed by atoms with Crippen molar-refractivity contribution in [2.24, 2.45) is 5.92 Å². The molecule has 8 heteroatoms. The van der Waals surface area contributed by atoms with Crippen molar-refractivity contribution < 1.29 is 19.0 Å². The number of aryl methyl sites for hydroxylation is 1. The summed E-state index contributed by atoms with van der Waals surface area (Å²) >= 11 is 0. The third kappa shape index (κ3) is 4.20. The van der Waals surface area contributed by atoms with E-state index in [4.69, 9.17) is 4.74 Å². The summed E-state index contributed by atoms with van der Waals surface area (Å²) in [5, 5.41) is 9.94. The summed E-state index contributed by atoms with van der Waals surface area (Å²) in [5.41, 5.74) is 4.37. The molecule has 3 heterocycles. The number of aromatic nitrogens is 4. The number of allylic oxidation sites excluding steroid dienone is 5. The van der Waals surface area contributed by atoms with E-state index in [2.05, 4.69) is 9.97 Å². The Kier molecular flexibility index (Phi) is 5.88. The van der Waals surface area contributed by atoms with Crippen molar-refractivity contribution in [3.05, 3.63) is 83.2 Å². The van der Waals surface area contributed by atoms with Gasteiger partial charge in [0, 0.05) is 18.7 Å². The van der Waals surface area contributed by atoms with Gasteiger partial charge in [0.1, 0.15) is 17.4 Å². The zero-order chi connectivity index (χ0) is 24.7. The Morgan fingerprint density at radius 1 is 1.34 bits per heavy atom. The summed E-state index contributed by atoms with van der Waals surface area (Å²) in [7, 11) is 1.63. The van der Waals surface area contributed by atoms with Gasteiger partial charge in [-0.05, 0) is 67.2 Å². The van der Waals surface area contributed by atoms with Crippen LogP contribution in [0.3, 0.4) is 0 Å². The highest BCUT2D eigenvalue weighted by Crippen LogP contribution is 2.39. The van der Waals surface area contributed by atoms with Gasteiger partial charge in [0.2, 0.25) is 0 Å². The largest absolute Gasteiger partial charge is 0.495 e. The lowest BCUT2D eigenvalue weighted by atomic mass is 9.85. The molecule has 2 unspecified atom stereocenters. The Morgan fingerprint density at radius 2 is 2.17 bits per heavy atom. The first-order valence-corrected chi connectivity index (χ1v) is 11.6. The fourth-order valence-corrected chi connectivity index (χ4v) is 4.98. The number of nitrogens with zero attached hydrogens (tertiary/aromatic N) is 4. The summed E-state index contributed by atoms with van der Waals surface area (Å²) in [4.78, 5) is 21.0. The molecule has 7 nitrogen and oxygen atoms in total. The van der Waals surface area contributed by atoms with Gasteiger partial charge in [0.05, 0.1) is 30.5 Å². The van der Waals surface area contributed by atoms with Crippen LogP contribution in [0.25, 0.3) is 17.3 Å². The van der Waals surface area contributed by atoms with Crippen LogP contribution in [0, 0.1) is 12.8 Å². The van der Waals surface area contributed by atoms with E-state index >= 15 is 0 Å². The first-order chi connectivity index (χ1) is 16.9. The van der Waals surface area contributed by atoms with Crippen LogP contribution in [0.4, 0.5) is 4.39 Å². The second kappa shape index (κ2) is 9.02.